The van der Waals surface area contributed by atoms with Gasteiger partial charge in [0.15, 0.2) is 0 Å². The van der Waals surface area contributed by atoms with Crippen molar-refractivity contribution < 1.29 is 19.2 Å². The molecule has 1 aromatic carbocycles. The van der Waals surface area contributed by atoms with E-state index >= 15 is 0 Å². The molecule has 0 aliphatic carbocycles. The van der Waals surface area contributed by atoms with Gasteiger partial charge in [0.2, 0.25) is 11.8 Å². The average molecular weight is 473 g/mol. The van der Waals surface area contributed by atoms with Gasteiger partial charge in [0.05, 0.1) is 22.8 Å². The predicted molar refractivity (Wildman–Crippen MR) is 127 cm³/mol. The summed E-state index contributed by atoms with van der Waals surface area (Å²) in [6.45, 7) is 1.29. The van der Waals surface area contributed by atoms with Crippen LogP contribution in [0.1, 0.15) is 46.4 Å². The van der Waals surface area contributed by atoms with Crippen molar-refractivity contribution >= 4 is 46.0 Å². The number of hydrogen-bond donors (Lipinski definition) is 3. The zero-order chi connectivity index (χ0) is 24.4. The van der Waals surface area contributed by atoms with Crippen LogP contribution in [0.4, 0.5) is 11.5 Å². The van der Waals surface area contributed by atoms with Gasteiger partial charge in [-0.2, -0.15) is 0 Å². The number of hydrogen-bond acceptors (Lipinski definition) is 9. The number of unbranched alkanes of at least 4 members (excludes halogenated alkanes) is 1. The Labute approximate surface area is 200 Å². The largest absolute Gasteiger partial charge is 0.384 e. The minimum atomic E-state index is -0.979. The van der Waals surface area contributed by atoms with E-state index in [0.29, 0.717) is 18.8 Å². The molecule has 1 fully saturated rings. The number of amides is 4. The first-order valence-electron chi connectivity index (χ1n) is 11.4. The van der Waals surface area contributed by atoms with Gasteiger partial charge in [-0.25, -0.2) is 9.97 Å². The van der Waals surface area contributed by atoms with E-state index in [1.165, 1.54) is 6.33 Å². The van der Waals surface area contributed by atoms with E-state index in [4.69, 9.17) is 0 Å². The van der Waals surface area contributed by atoms with Crippen molar-refractivity contribution in [3.05, 3.63) is 54.1 Å². The molecule has 1 unspecified atom stereocenters. The number of imide groups is 2. The molecule has 178 valence electrons. The Hall–Kier alpha value is -4.41. The average Bonchev–Trinajstić information content (AvgIpc) is 3.12. The van der Waals surface area contributed by atoms with Crippen LogP contribution in [0, 0.1) is 0 Å². The van der Waals surface area contributed by atoms with Crippen molar-refractivity contribution in [2.45, 2.75) is 31.7 Å². The first-order chi connectivity index (χ1) is 17.0. The lowest BCUT2D eigenvalue weighted by molar-refractivity contribution is -0.136. The topological polar surface area (TPSA) is 146 Å². The van der Waals surface area contributed by atoms with Crippen LogP contribution >= 0.6 is 0 Å². The Morgan fingerprint density at radius 3 is 2.66 bits per heavy atom. The number of aromatic nitrogens is 3. The molecule has 5 rings (SSSR count). The molecule has 0 bridgehead atoms. The Morgan fingerprint density at radius 1 is 1.00 bits per heavy atom. The quantitative estimate of drug-likeness (QED) is 0.329. The maximum absolute atomic E-state index is 13.1. The highest BCUT2D eigenvalue weighted by Gasteiger charge is 2.45. The Morgan fingerprint density at radius 2 is 1.83 bits per heavy atom. The highest BCUT2D eigenvalue weighted by Crippen LogP contribution is 2.32. The minimum absolute atomic E-state index is 0.0879. The number of nitrogens with zero attached hydrogens (tertiary/aromatic N) is 4. The fourth-order valence-corrected chi connectivity index (χ4v) is 4.39. The Bertz CT molecular complexity index is 1340. The Kier molecular flexibility index (Phi) is 6.04. The van der Waals surface area contributed by atoms with Gasteiger partial charge in [-0.3, -0.25) is 34.4 Å². The standard InChI is InChI=1S/C24H23N7O4/c32-19-7-6-18(22(33)30-19)31-23(34)15-4-3-5-16(20(15)24(31)35)26-9-1-2-10-27-21-14-8-11-25-12-17(14)28-13-29-21/h3-5,8,11-13,18,26H,1-2,6-7,9-10H2,(H,27,28,29)(H,30,32,33). The van der Waals surface area contributed by atoms with Gasteiger partial charge in [-0.1, -0.05) is 6.07 Å². The number of piperidine rings is 1. The zero-order valence-corrected chi connectivity index (χ0v) is 18.8. The normalized spacial score (nSPS) is 17.5. The molecule has 1 saturated heterocycles. The first-order valence-corrected chi connectivity index (χ1v) is 11.4. The lowest BCUT2D eigenvalue weighted by atomic mass is 10.0. The molecule has 0 radical (unpaired) electrons. The third-order valence-electron chi connectivity index (χ3n) is 6.12. The number of pyridine rings is 1. The second-order valence-electron chi connectivity index (χ2n) is 8.35. The van der Waals surface area contributed by atoms with E-state index in [1.807, 2.05) is 6.07 Å². The molecule has 2 aromatic heterocycles. The fraction of sp³-hybridized carbons (Fsp3) is 0.292. The third-order valence-corrected chi connectivity index (χ3v) is 6.12. The summed E-state index contributed by atoms with van der Waals surface area (Å²) in [7, 11) is 0. The molecule has 4 heterocycles. The first kappa shape index (κ1) is 22.4. The van der Waals surface area contributed by atoms with Gasteiger partial charge >= 0.3 is 0 Å². The van der Waals surface area contributed by atoms with Gasteiger partial charge in [-0.05, 0) is 37.5 Å². The molecule has 4 amide bonds. The third kappa shape index (κ3) is 4.27. The number of carbonyl (C=O) groups is 4. The zero-order valence-electron chi connectivity index (χ0n) is 18.8. The number of benzene rings is 1. The van der Waals surface area contributed by atoms with Crippen LogP contribution in [0.2, 0.25) is 0 Å². The summed E-state index contributed by atoms with van der Waals surface area (Å²) in [5, 5.41) is 9.68. The second kappa shape index (κ2) is 9.45. The molecule has 1 atom stereocenters. The number of carbonyl (C=O) groups excluding carboxylic acids is 4. The molecular formula is C24H23N7O4. The molecule has 2 aliphatic heterocycles. The summed E-state index contributed by atoms with van der Waals surface area (Å²) in [6.07, 6.45) is 6.76. The predicted octanol–water partition coefficient (Wildman–Crippen LogP) is 1.73. The van der Waals surface area contributed by atoms with Crippen LogP contribution < -0.4 is 16.0 Å². The molecule has 3 N–H and O–H groups in total. The highest BCUT2D eigenvalue weighted by atomic mass is 16.2. The molecule has 35 heavy (non-hydrogen) atoms. The molecule has 11 heteroatoms. The van der Waals surface area contributed by atoms with E-state index < -0.39 is 29.7 Å². The fourth-order valence-electron chi connectivity index (χ4n) is 4.39. The van der Waals surface area contributed by atoms with Crippen molar-refractivity contribution in [2.75, 3.05) is 23.7 Å². The summed E-state index contributed by atoms with van der Waals surface area (Å²) in [5.41, 5.74) is 1.85. The van der Waals surface area contributed by atoms with Gasteiger partial charge in [0.25, 0.3) is 11.8 Å². The molecule has 2 aliphatic rings. The summed E-state index contributed by atoms with van der Waals surface area (Å²) >= 11 is 0. The smallest absolute Gasteiger partial charge is 0.264 e. The number of rotatable bonds is 8. The van der Waals surface area contributed by atoms with Crippen molar-refractivity contribution in [3.63, 3.8) is 0 Å². The molecule has 3 aromatic rings. The van der Waals surface area contributed by atoms with Crippen molar-refractivity contribution in [1.29, 1.82) is 0 Å². The van der Waals surface area contributed by atoms with Crippen molar-refractivity contribution in [2.24, 2.45) is 0 Å². The van der Waals surface area contributed by atoms with E-state index in [2.05, 4.69) is 30.9 Å². The van der Waals surface area contributed by atoms with Gasteiger partial charge < -0.3 is 10.6 Å². The van der Waals surface area contributed by atoms with Crippen LogP contribution in [-0.2, 0) is 9.59 Å². The highest BCUT2D eigenvalue weighted by molar-refractivity contribution is 6.25. The lowest BCUT2D eigenvalue weighted by Crippen LogP contribution is -2.54. The van der Waals surface area contributed by atoms with Crippen LogP contribution in [0.5, 0.6) is 0 Å². The van der Waals surface area contributed by atoms with Crippen LogP contribution in [0.15, 0.2) is 43.0 Å². The summed E-state index contributed by atoms with van der Waals surface area (Å²) in [5.74, 6) is -1.30. The molecule has 0 saturated carbocycles. The monoisotopic (exact) mass is 473 g/mol. The van der Waals surface area contributed by atoms with E-state index in [1.54, 1.807) is 30.6 Å². The SMILES string of the molecule is O=C1CCC(N2C(=O)c3cccc(NCCCCNc4ncnc5cnccc45)c3C2=O)C(=O)N1. The van der Waals surface area contributed by atoms with Crippen molar-refractivity contribution in [1.82, 2.24) is 25.2 Å². The van der Waals surface area contributed by atoms with Crippen LogP contribution in [0.3, 0.4) is 0 Å². The number of fused-ring (bicyclic) bond motifs is 2. The number of nitrogens with one attached hydrogen (secondary N) is 3. The molecular weight excluding hydrogens is 450 g/mol. The van der Waals surface area contributed by atoms with Crippen LogP contribution in [0.25, 0.3) is 10.9 Å². The second-order valence-corrected chi connectivity index (χ2v) is 8.35. The van der Waals surface area contributed by atoms with Crippen molar-refractivity contribution in [3.8, 4) is 0 Å². The maximum atomic E-state index is 13.1. The van der Waals surface area contributed by atoms with Gasteiger partial charge in [0.1, 0.15) is 18.2 Å². The van der Waals surface area contributed by atoms with Gasteiger partial charge in [-0.15, -0.1) is 0 Å². The molecule has 11 nitrogen and oxygen atoms in total. The summed E-state index contributed by atoms with van der Waals surface area (Å²) in [4.78, 5) is 63.3. The van der Waals surface area contributed by atoms with E-state index in [9.17, 15) is 19.2 Å². The summed E-state index contributed by atoms with van der Waals surface area (Å²) in [6, 6.07) is 5.92. The van der Waals surface area contributed by atoms with Crippen LogP contribution in [-0.4, -0.2) is 62.6 Å². The minimum Gasteiger partial charge on any atom is -0.384 e. The van der Waals surface area contributed by atoms with E-state index in [0.717, 1.165) is 34.5 Å². The number of anilines is 2. The molecule has 0 spiro atoms. The van der Waals surface area contributed by atoms with E-state index in [-0.39, 0.29) is 24.0 Å². The lowest BCUT2D eigenvalue weighted by Gasteiger charge is -2.27. The maximum Gasteiger partial charge on any atom is 0.264 e. The summed E-state index contributed by atoms with van der Waals surface area (Å²) < 4.78 is 0. The Balaban J connectivity index is 1.18. The van der Waals surface area contributed by atoms with Gasteiger partial charge in [0, 0.05) is 36.8 Å².